The molecule has 1 rings (SSSR count). The molecule has 116 valence electrons. The second kappa shape index (κ2) is 10.2. The van der Waals surface area contributed by atoms with Gasteiger partial charge in [0.1, 0.15) is 12.4 Å². The van der Waals surface area contributed by atoms with Gasteiger partial charge in [0.2, 0.25) is 0 Å². The van der Waals surface area contributed by atoms with Crippen molar-refractivity contribution in [1.82, 2.24) is 5.32 Å². The van der Waals surface area contributed by atoms with Crippen LogP contribution in [0.3, 0.4) is 0 Å². The van der Waals surface area contributed by atoms with Crippen LogP contribution < -0.4 is 10.1 Å². The molecule has 1 N–H and O–H groups in total. The van der Waals surface area contributed by atoms with Crippen LogP contribution >= 0.6 is 11.8 Å². The molecule has 0 saturated heterocycles. The van der Waals surface area contributed by atoms with Crippen LogP contribution in [-0.2, 0) is 4.74 Å². The molecular weight excluding hydrogens is 286 g/mol. The summed E-state index contributed by atoms with van der Waals surface area (Å²) in [7, 11) is 0. The highest BCUT2D eigenvalue weighted by Crippen LogP contribution is 2.21. The maximum Gasteiger partial charge on any atom is 0.407 e. The third-order valence-electron chi connectivity index (χ3n) is 2.48. The van der Waals surface area contributed by atoms with Crippen LogP contribution in [0, 0.1) is 0 Å². The predicted octanol–water partition coefficient (Wildman–Crippen LogP) is 3.87. The number of alkyl carbamates (subject to hydrolysis) is 1. The molecule has 0 aliphatic carbocycles. The molecule has 0 spiro atoms. The summed E-state index contributed by atoms with van der Waals surface area (Å²) in [5, 5.41) is 2.69. The van der Waals surface area contributed by atoms with Crippen LogP contribution in [0.5, 0.6) is 5.75 Å². The van der Waals surface area contributed by atoms with Gasteiger partial charge in [0.25, 0.3) is 0 Å². The molecule has 5 heteroatoms. The smallest absolute Gasteiger partial charge is 0.407 e. The van der Waals surface area contributed by atoms with E-state index in [0.717, 1.165) is 16.4 Å². The fourth-order valence-electron chi connectivity index (χ4n) is 1.44. The molecule has 1 amide bonds. The molecule has 0 atom stereocenters. The quantitative estimate of drug-likeness (QED) is 0.450. The maximum atomic E-state index is 11.1. The highest BCUT2D eigenvalue weighted by molar-refractivity contribution is 7.99. The van der Waals surface area contributed by atoms with Gasteiger partial charge >= 0.3 is 6.09 Å². The van der Waals surface area contributed by atoms with Gasteiger partial charge in [0.05, 0.1) is 6.61 Å². The average Bonchev–Trinajstić information content (AvgIpc) is 2.45. The lowest BCUT2D eigenvalue weighted by Crippen LogP contribution is -2.26. The second-order valence-electron chi connectivity index (χ2n) is 4.56. The normalized spacial score (nSPS) is 9.86. The Kier molecular flexibility index (Phi) is 8.43. The number of amides is 1. The average molecular weight is 309 g/mol. The van der Waals surface area contributed by atoms with E-state index >= 15 is 0 Å². The number of carbonyl (C=O) groups is 1. The fourth-order valence-corrected chi connectivity index (χ4v) is 2.21. The number of hydrogen-bond acceptors (Lipinski definition) is 4. The Morgan fingerprint density at radius 2 is 2.00 bits per heavy atom. The van der Waals surface area contributed by atoms with Gasteiger partial charge in [-0.2, -0.15) is 0 Å². The van der Waals surface area contributed by atoms with Gasteiger partial charge in [0.15, 0.2) is 0 Å². The molecule has 4 nitrogen and oxygen atoms in total. The number of carbonyl (C=O) groups excluding carboxylic acids is 1. The third-order valence-corrected chi connectivity index (χ3v) is 3.49. The van der Waals surface area contributed by atoms with Crippen molar-refractivity contribution in [3.63, 3.8) is 0 Å². The lowest BCUT2D eigenvalue weighted by atomic mass is 10.3. The summed E-state index contributed by atoms with van der Waals surface area (Å²) in [4.78, 5) is 12.2. The first-order valence-electron chi connectivity index (χ1n) is 7.01. The van der Waals surface area contributed by atoms with E-state index in [1.165, 1.54) is 5.57 Å². The number of allylic oxidation sites excluding steroid dienone is 1. The van der Waals surface area contributed by atoms with E-state index in [-0.39, 0.29) is 6.09 Å². The van der Waals surface area contributed by atoms with E-state index in [1.807, 2.05) is 44.2 Å². The molecule has 1 aromatic rings. The molecule has 0 heterocycles. The first-order valence-corrected chi connectivity index (χ1v) is 8.00. The van der Waals surface area contributed by atoms with Crippen LogP contribution in [0.2, 0.25) is 0 Å². The van der Waals surface area contributed by atoms with Crippen LogP contribution in [0.1, 0.15) is 20.8 Å². The first kappa shape index (κ1) is 17.4. The maximum absolute atomic E-state index is 11.1. The highest BCUT2D eigenvalue weighted by Gasteiger charge is 2.00. The molecule has 0 aliphatic heterocycles. The molecule has 0 radical (unpaired) electrons. The number of benzene rings is 1. The zero-order valence-corrected chi connectivity index (χ0v) is 13.7. The Morgan fingerprint density at radius 1 is 1.29 bits per heavy atom. The molecule has 1 aromatic carbocycles. The molecule has 0 unspecified atom stereocenters. The zero-order valence-electron chi connectivity index (χ0n) is 12.8. The summed E-state index contributed by atoms with van der Waals surface area (Å²) in [5.74, 6) is 1.66. The molecule has 0 aliphatic rings. The fraction of sp³-hybridized carbons (Fsp3) is 0.438. The molecule has 0 aromatic heterocycles. The van der Waals surface area contributed by atoms with Crippen molar-refractivity contribution in [2.75, 3.05) is 25.5 Å². The van der Waals surface area contributed by atoms with Crippen LogP contribution in [0.15, 0.2) is 40.8 Å². The highest BCUT2D eigenvalue weighted by atomic mass is 32.2. The molecule has 0 bridgehead atoms. The molecular formula is C16H23NO3S. The lowest BCUT2D eigenvalue weighted by molar-refractivity contribution is 0.153. The van der Waals surface area contributed by atoms with Crippen molar-refractivity contribution in [2.24, 2.45) is 0 Å². The Bertz CT molecular complexity index is 453. The standard InChI is InChI=1S/C16H23NO3S/c1-4-19-16(18)17-10-12-21-15-7-5-14(6-8-15)20-11-9-13(2)3/h5-9H,4,10-12H2,1-3H3,(H,17,18). The topological polar surface area (TPSA) is 47.6 Å². The number of nitrogens with one attached hydrogen (secondary N) is 1. The van der Waals surface area contributed by atoms with Crippen molar-refractivity contribution in [3.8, 4) is 5.75 Å². The van der Waals surface area contributed by atoms with Gasteiger partial charge in [0, 0.05) is 17.2 Å². The molecule has 21 heavy (non-hydrogen) atoms. The van der Waals surface area contributed by atoms with Gasteiger partial charge < -0.3 is 14.8 Å². The predicted molar refractivity (Wildman–Crippen MR) is 87.1 cm³/mol. The van der Waals surface area contributed by atoms with E-state index in [4.69, 9.17) is 9.47 Å². The first-order chi connectivity index (χ1) is 10.1. The van der Waals surface area contributed by atoms with Crippen molar-refractivity contribution in [1.29, 1.82) is 0 Å². The van der Waals surface area contributed by atoms with E-state index in [9.17, 15) is 4.79 Å². The minimum atomic E-state index is -0.360. The summed E-state index contributed by atoms with van der Waals surface area (Å²) in [5.41, 5.74) is 1.25. The summed E-state index contributed by atoms with van der Waals surface area (Å²) >= 11 is 1.68. The Hall–Kier alpha value is -1.62. The Balaban J connectivity index is 2.25. The number of ether oxygens (including phenoxy) is 2. The minimum Gasteiger partial charge on any atom is -0.490 e. The molecule has 0 fully saturated rings. The largest absolute Gasteiger partial charge is 0.490 e. The third kappa shape index (κ3) is 8.30. The Labute approximate surface area is 130 Å². The zero-order chi connectivity index (χ0) is 15.5. The van der Waals surface area contributed by atoms with E-state index in [1.54, 1.807) is 18.7 Å². The van der Waals surface area contributed by atoms with Crippen LogP contribution in [-0.4, -0.2) is 31.6 Å². The van der Waals surface area contributed by atoms with Crippen LogP contribution in [0.25, 0.3) is 0 Å². The lowest BCUT2D eigenvalue weighted by Gasteiger charge is -2.06. The van der Waals surface area contributed by atoms with Crippen molar-refractivity contribution in [2.45, 2.75) is 25.7 Å². The van der Waals surface area contributed by atoms with Gasteiger partial charge in [-0.1, -0.05) is 5.57 Å². The van der Waals surface area contributed by atoms with Gasteiger partial charge in [-0.15, -0.1) is 11.8 Å². The summed E-state index contributed by atoms with van der Waals surface area (Å²) in [6, 6.07) is 7.96. The van der Waals surface area contributed by atoms with E-state index < -0.39 is 0 Å². The Morgan fingerprint density at radius 3 is 2.62 bits per heavy atom. The minimum absolute atomic E-state index is 0.360. The van der Waals surface area contributed by atoms with Crippen LogP contribution in [0.4, 0.5) is 4.79 Å². The van der Waals surface area contributed by atoms with E-state index in [2.05, 4.69) is 5.32 Å². The summed E-state index contributed by atoms with van der Waals surface area (Å²) in [6.45, 7) is 7.46. The monoisotopic (exact) mass is 309 g/mol. The number of thioether (sulfide) groups is 1. The van der Waals surface area contributed by atoms with Crippen molar-refractivity contribution >= 4 is 17.9 Å². The number of hydrogen-bond donors (Lipinski definition) is 1. The summed E-state index contributed by atoms with van der Waals surface area (Å²) < 4.78 is 10.4. The van der Waals surface area contributed by atoms with Gasteiger partial charge in [-0.05, 0) is 51.1 Å². The second-order valence-corrected chi connectivity index (χ2v) is 5.73. The number of rotatable bonds is 8. The van der Waals surface area contributed by atoms with Crippen molar-refractivity contribution < 1.29 is 14.3 Å². The SMILES string of the molecule is CCOC(=O)NCCSc1ccc(OCC=C(C)C)cc1. The van der Waals surface area contributed by atoms with Crippen molar-refractivity contribution in [3.05, 3.63) is 35.9 Å². The van der Waals surface area contributed by atoms with Gasteiger partial charge in [-0.3, -0.25) is 0 Å². The summed E-state index contributed by atoms with van der Waals surface area (Å²) in [6.07, 6.45) is 1.69. The van der Waals surface area contributed by atoms with Gasteiger partial charge in [-0.25, -0.2) is 4.79 Å². The van der Waals surface area contributed by atoms with E-state index in [0.29, 0.717) is 19.8 Å². The molecule has 0 saturated carbocycles.